The Hall–Kier alpha value is -4.54. The molecule has 1 aromatic carbocycles. The minimum absolute atomic E-state index is 0.0990. The van der Waals surface area contributed by atoms with Gasteiger partial charge in [-0.15, -0.1) is 0 Å². The first-order chi connectivity index (χ1) is 18.0. The van der Waals surface area contributed by atoms with Crippen LogP contribution in [0, 0.1) is 0 Å². The third-order valence-corrected chi connectivity index (χ3v) is 6.09. The normalized spacial score (nSPS) is 16.9. The number of aromatic nitrogens is 2. The topological polar surface area (TPSA) is 95.3 Å². The maximum atomic E-state index is 14.0. The minimum Gasteiger partial charge on any atom is -0.366 e. The fraction of sp³-hybridized carbons (Fsp3) is 0.222. The van der Waals surface area contributed by atoms with Crippen LogP contribution in [0.4, 0.5) is 29.5 Å². The first-order valence-corrected chi connectivity index (χ1v) is 11.8. The molecule has 0 bridgehead atoms. The van der Waals surface area contributed by atoms with E-state index in [0.717, 1.165) is 17.2 Å². The van der Waals surface area contributed by atoms with Gasteiger partial charge in [-0.25, -0.2) is 4.79 Å². The number of alkyl halides is 3. The number of urea groups is 1. The Kier molecular flexibility index (Phi) is 6.22. The van der Waals surface area contributed by atoms with Gasteiger partial charge in [0, 0.05) is 41.8 Å². The Balaban J connectivity index is 1.34. The molecular weight excluding hydrogens is 497 g/mol. The van der Waals surface area contributed by atoms with E-state index < -0.39 is 17.8 Å². The zero-order chi connectivity index (χ0) is 27.1. The summed E-state index contributed by atoms with van der Waals surface area (Å²) in [5.74, 6) is 0.626. The van der Waals surface area contributed by atoms with Crippen molar-refractivity contribution in [2.75, 3.05) is 10.6 Å². The van der Waals surface area contributed by atoms with Crippen LogP contribution < -0.4 is 16.0 Å². The number of carbonyl (C=O) groups is 1. The lowest BCUT2D eigenvalue weighted by Gasteiger charge is -2.28. The Morgan fingerprint density at radius 3 is 2.50 bits per heavy atom. The SMILES string of the molecule is CC(C)(C)c1cc(NC(=O)Nc2ccc(C3=CNC4C=C(c5ccncc5)C=CN34)cc2C(F)(F)F)no1. The molecule has 1 unspecified atom stereocenters. The smallest absolute Gasteiger partial charge is 0.366 e. The number of benzene rings is 1. The molecule has 8 nitrogen and oxygen atoms in total. The van der Waals surface area contributed by atoms with Gasteiger partial charge in [0.1, 0.15) is 11.9 Å². The van der Waals surface area contributed by atoms with Crippen LogP contribution in [0.3, 0.4) is 0 Å². The van der Waals surface area contributed by atoms with Crippen LogP contribution in [0.25, 0.3) is 11.3 Å². The van der Waals surface area contributed by atoms with Crippen molar-refractivity contribution in [3.8, 4) is 0 Å². The first-order valence-electron chi connectivity index (χ1n) is 11.8. The predicted octanol–water partition coefficient (Wildman–Crippen LogP) is 6.17. The number of amides is 2. The number of halogens is 3. The Morgan fingerprint density at radius 1 is 1.05 bits per heavy atom. The van der Waals surface area contributed by atoms with E-state index in [9.17, 15) is 18.0 Å². The molecule has 196 valence electrons. The summed E-state index contributed by atoms with van der Waals surface area (Å²) in [5.41, 5.74) is 1.17. The molecular formula is C27H25F3N6O2. The van der Waals surface area contributed by atoms with E-state index in [1.165, 1.54) is 18.2 Å². The molecule has 4 heterocycles. The number of hydrogen-bond donors (Lipinski definition) is 3. The van der Waals surface area contributed by atoms with Crippen molar-refractivity contribution in [2.45, 2.75) is 38.5 Å². The van der Waals surface area contributed by atoms with Gasteiger partial charge in [-0.3, -0.25) is 10.3 Å². The van der Waals surface area contributed by atoms with Crippen LogP contribution >= 0.6 is 0 Å². The number of anilines is 2. The predicted molar refractivity (Wildman–Crippen MR) is 137 cm³/mol. The molecule has 0 fully saturated rings. The van der Waals surface area contributed by atoms with Gasteiger partial charge in [0.05, 0.1) is 16.9 Å². The maximum Gasteiger partial charge on any atom is 0.418 e. The van der Waals surface area contributed by atoms with Crippen molar-refractivity contribution in [1.29, 1.82) is 0 Å². The highest BCUT2D eigenvalue weighted by Crippen LogP contribution is 2.39. The molecule has 2 aromatic heterocycles. The lowest BCUT2D eigenvalue weighted by atomic mass is 9.93. The lowest BCUT2D eigenvalue weighted by molar-refractivity contribution is -0.136. The van der Waals surface area contributed by atoms with Crippen molar-refractivity contribution in [1.82, 2.24) is 20.4 Å². The molecule has 0 saturated heterocycles. The molecule has 2 aliphatic heterocycles. The highest BCUT2D eigenvalue weighted by Gasteiger charge is 2.36. The van der Waals surface area contributed by atoms with E-state index in [0.29, 0.717) is 17.0 Å². The number of rotatable bonds is 4. The highest BCUT2D eigenvalue weighted by atomic mass is 19.4. The molecule has 38 heavy (non-hydrogen) atoms. The third kappa shape index (κ3) is 5.13. The molecule has 0 radical (unpaired) electrons. The summed E-state index contributed by atoms with van der Waals surface area (Å²) in [4.78, 5) is 18.3. The number of hydrogen-bond acceptors (Lipinski definition) is 6. The number of nitrogens with one attached hydrogen (secondary N) is 3. The van der Waals surface area contributed by atoms with Gasteiger partial charge in [-0.05, 0) is 47.6 Å². The monoisotopic (exact) mass is 522 g/mol. The van der Waals surface area contributed by atoms with Crippen molar-refractivity contribution < 1.29 is 22.5 Å². The van der Waals surface area contributed by atoms with Gasteiger partial charge in [-0.2, -0.15) is 13.2 Å². The lowest BCUT2D eigenvalue weighted by Crippen LogP contribution is -2.33. The van der Waals surface area contributed by atoms with Crippen molar-refractivity contribution in [3.63, 3.8) is 0 Å². The fourth-order valence-corrected chi connectivity index (χ4v) is 4.13. The van der Waals surface area contributed by atoms with E-state index in [2.05, 4.69) is 26.1 Å². The summed E-state index contributed by atoms with van der Waals surface area (Å²) < 4.78 is 47.3. The zero-order valence-electron chi connectivity index (χ0n) is 20.8. The highest BCUT2D eigenvalue weighted by molar-refractivity contribution is 6.00. The fourth-order valence-electron chi connectivity index (χ4n) is 4.13. The molecule has 3 N–H and O–H groups in total. The molecule has 11 heteroatoms. The van der Waals surface area contributed by atoms with E-state index in [1.54, 1.807) is 18.6 Å². The summed E-state index contributed by atoms with van der Waals surface area (Å²) >= 11 is 0. The first kappa shape index (κ1) is 25.1. The quantitative estimate of drug-likeness (QED) is 0.379. The summed E-state index contributed by atoms with van der Waals surface area (Å²) in [6.45, 7) is 5.71. The van der Waals surface area contributed by atoms with Crippen LogP contribution in [0.1, 0.15) is 43.2 Å². The molecule has 0 aliphatic carbocycles. The zero-order valence-corrected chi connectivity index (χ0v) is 20.8. The Labute approximate surface area is 216 Å². The summed E-state index contributed by atoms with van der Waals surface area (Å²) in [6.07, 6.45) is 5.82. The van der Waals surface area contributed by atoms with E-state index in [4.69, 9.17) is 4.52 Å². The van der Waals surface area contributed by atoms with Crippen LogP contribution in [0.15, 0.2) is 77.9 Å². The van der Waals surface area contributed by atoms with Crippen molar-refractivity contribution in [3.05, 3.63) is 95.8 Å². The van der Waals surface area contributed by atoms with Crippen LogP contribution in [-0.2, 0) is 11.6 Å². The average molecular weight is 523 g/mol. The number of carbonyl (C=O) groups excluding carboxylic acids is 1. The van der Waals surface area contributed by atoms with E-state index >= 15 is 0 Å². The van der Waals surface area contributed by atoms with Crippen LogP contribution in [-0.4, -0.2) is 27.2 Å². The molecule has 0 saturated carbocycles. The van der Waals surface area contributed by atoms with Gasteiger partial charge in [-0.1, -0.05) is 32.0 Å². The number of fused-ring (bicyclic) bond motifs is 1. The van der Waals surface area contributed by atoms with Crippen LogP contribution in [0.5, 0.6) is 0 Å². The molecule has 3 aromatic rings. The summed E-state index contributed by atoms with van der Waals surface area (Å²) in [7, 11) is 0. The summed E-state index contributed by atoms with van der Waals surface area (Å²) in [5, 5.41) is 11.7. The number of nitrogens with zero attached hydrogens (tertiary/aromatic N) is 3. The molecule has 5 rings (SSSR count). The summed E-state index contributed by atoms with van der Waals surface area (Å²) in [6, 6.07) is 8.23. The minimum atomic E-state index is -4.70. The second kappa shape index (κ2) is 9.40. The van der Waals surface area contributed by atoms with E-state index in [1.807, 2.05) is 56.2 Å². The standard InChI is InChI=1S/C27H25F3N6O2/c1-26(2,3)22-14-23(35-38-22)34-25(37)33-20-5-4-18(12-19(20)27(28,29)30)21-15-32-24-13-17(8-11-36(21)24)16-6-9-31-10-7-16/h4-15,24,32H,1-3H3,(H2,33,34,35,37). The van der Waals surface area contributed by atoms with Gasteiger partial charge >= 0.3 is 12.2 Å². The largest absolute Gasteiger partial charge is 0.418 e. The third-order valence-electron chi connectivity index (χ3n) is 6.09. The van der Waals surface area contributed by atoms with E-state index in [-0.39, 0.29) is 23.1 Å². The number of pyridine rings is 1. The second-order valence-electron chi connectivity index (χ2n) is 9.89. The average Bonchev–Trinajstić information content (AvgIpc) is 3.51. The Morgan fingerprint density at radius 2 is 1.82 bits per heavy atom. The number of allylic oxidation sites excluding steroid dienone is 2. The van der Waals surface area contributed by atoms with Gasteiger partial charge in [0.15, 0.2) is 5.82 Å². The molecule has 0 spiro atoms. The molecule has 2 aliphatic rings. The molecule has 1 atom stereocenters. The van der Waals surface area contributed by atoms with Gasteiger partial charge in [0.25, 0.3) is 0 Å². The van der Waals surface area contributed by atoms with Gasteiger partial charge in [0.2, 0.25) is 0 Å². The molecule has 2 amide bonds. The van der Waals surface area contributed by atoms with Crippen molar-refractivity contribution >= 4 is 28.8 Å². The maximum absolute atomic E-state index is 14.0. The Bertz CT molecular complexity index is 1450. The van der Waals surface area contributed by atoms with Crippen LogP contribution in [0.2, 0.25) is 0 Å². The second-order valence-corrected chi connectivity index (χ2v) is 9.89. The van der Waals surface area contributed by atoms with Gasteiger partial charge < -0.3 is 20.1 Å². The van der Waals surface area contributed by atoms with Crippen molar-refractivity contribution in [2.24, 2.45) is 0 Å².